The molecule has 150 valence electrons. The van der Waals surface area contributed by atoms with E-state index in [1.165, 1.54) is 12.4 Å². The number of amides is 1. The lowest BCUT2D eigenvalue weighted by molar-refractivity contribution is 0.0955. The van der Waals surface area contributed by atoms with Crippen molar-refractivity contribution in [3.05, 3.63) is 42.0 Å². The van der Waals surface area contributed by atoms with Crippen molar-refractivity contribution < 1.29 is 9.18 Å². The molecule has 1 aromatic carbocycles. The Balaban J connectivity index is 1.67. The van der Waals surface area contributed by atoms with Crippen LogP contribution in [0.5, 0.6) is 0 Å². The maximum absolute atomic E-state index is 14.4. The van der Waals surface area contributed by atoms with Crippen LogP contribution in [0.4, 0.5) is 21.7 Å². The Kier molecular flexibility index (Phi) is 6.76. The molecule has 1 saturated heterocycles. The van der Waals surface area contributed by atoms with Crippen molar-refractivity contribution in [2.24, 2.45) is 5.92 Å². The van der Waals surface area contributed by atoms with Gasteiger partial charge < -0.3 is 20.9 Å². The molecule has 0 spiro atoms. The van der Waals surface area contributed by atoms with E-state index >= 15 is 0 Å². The first-order chi connectivity index (χ1) is 13.6. The van der Waals surface area contributed by atoms with E-state index in [0.717, 1.165) is 38.3 Å². The molecule has 1 amide bonds. The maximum atomic E-state index is 14.4. The van der Waals surface area contributed by atoms with Crippen LogP contribution in [0.25, 0.3) is 0 Å². The van der Waals surface area contributed by atoms with Gasteiger partial charge in [-0.05, 0) is 57.0 Å². The highest BCUT2D eigenvalue weighted by atomic mass is 19.1. The van der Waals surface area contributed by atoms with E-state index in [1.807, 2.05) is 14.0 Å². The molecule has 0 bridgehead atoms. The summed E-state index contributed by atoms with van der Waals surface area (Å²) < 4.78 is 14.4. The maximum Gasteiger partial charge on any atom is 0.251 e. The fraction of sp³-hybridized carbons (Fsp3) is 0.450. The third-order valence-electron chi connectivity index (χ3n) is 4.87. The zero-order chi connectivity index (χ0) is 19.9. The summed E-state index contributed by atoms with van der Waals surface area (Å²) in [5.74, 6) is 1.13. The van der Waals surface area contributed by atoms with Gasteiger partial charge in [-0.2, -0.15) is 0 Å². The van der Waals surface area contributed by atoms with E-state index in [1.54, 1.807) is 18.2 Å². The van der Waals surface area contributed by atoms with Gasteiger partial charge in [0.25, 0.3) is 5.91 Å². The van der Waals surface area contributed by atoms with Crippen LogP contribution in [0.2, 0.25) is 0 Å². The molecule has 1 aliphatic heterocycles. The van der Waals surface area contributed by atoms with Crippen LogP contribution < -0.4 is 20.9 Å². The molecule has 1 aliphatic rings. The molecular weight excluding hydrogens is 359 g/mol. The van der Waals surface area contributed by atoms with Gasteiger partial charge in [-0.3, -0.25) is 4.79 Å². The molecule has 28 heavy (non-hydrogen) atoms. The van der Waals surface area contributed by atoms with Gasteiger partial charge >= 0.3 is 0 Å². The molecule has 0 radical (unpaired) electrons. The number of carbonyl (C=O) groups is 1. The van der Waals surface area contributed by atoms with Crippen LogP contribution in [-0.2, 0) is 0 Å². The summed E-state index contributed by atoms with van der Waals surface area (Å²) in [6.07, 6.45) is 3.78. The highest BCUT2D eigenvalue weighted by Gasteiger charge is 2.16. The predicted molar refractivity (Wildman–Crippen MR) is 109 cm³/mol. The third-order valence-corrected chi connectivity index (χ3v) is 4.87. The number of benzene rings is 1. The van der Waals surface area contributed by atoms with Crippen molar-refractivity contribution >= 4 is 23.2 Å². The predicted octanol–water partition coefficient (Wildman–Crippen LogP) is 2.54. The van der Waals surface area contributed by atoms with Crippen LogP contribution in [-0.4, -0.2) is 49.1 Å². The largest absolute Gasteiger partial charge is 0.359 e. The molecule has 8 heteroatoms. The number of carbonyl (C=O) groups excluding carboxylic acids is 1. The van der Waals surface area contributed by atoms with E-state index in [-0.39, 0.29) is 17.2 Å². The molecule has 2 heterocycles. The molecule has 3 rings (SSSR count). The van der Waals surface area contributed by atoms with Crippen molar-refractivity contribution in [2.45, 2.75) is 19.8 Å². The average molecular weight is 386 g/mol. The lowest BCUT2D eigenvalue weighted by Gasteiger charge is -2.28. The Bertz CT molecular complexity index is 809. The van der Waals surface area contributed by atoms with E-state index in [0.29, 0.717) is 18.3 Å². The minimum Gasteiger partial charge on any atom is -0.359 e. The van der Waals surface area contributed by atoms with Gasteiger partial charge in [0.15, 0.2) is 0 Å². The summed E-state index contributed by atoms with van der Waals surface area (Å²) in [6.45, 7) is 5.35. The lowest BCUT2D eigenvalue weighted by Crippen LogP contribution is -2.34. The van der Waals surface area contributed by atoms with E-state index < -0.39 is 5.82 Å². The molecule has 7 nitrogen and oxygen atoms in total. The van der Waals surface area contributed by atoms with E-state index in [2.05, 4.69) is 30.8 Å². The number of aromatic nitrogens is 2. The summed E-state index contributed by atoms with van der Waals surface area (Å²) in [4.78, 5) is 22.5. The molecule has 0 unspecified atom stereocenters. The summed E-state index contributed by atoms with van der Waals surface area (Å²) in [7, 11) is 2.01. The number of halogens is 1. The number of anilines is 3. The first kappa shape index (κ1) is 20.0. The lowest BCUT2D eigenvalue weighted by atomic mass is 9.98. The molecule has 1 fully saturated rings. The number of nitrogens with one attached hydrogen (secondary N) is 3. The van der Waals surface area contributed by atoms with Crippen molar-refractivity contribution in [3.8, 4) is 0 Å². The summed E-state index contributed by atoms with van der Waals surface area (Å²) in [5.41, 5.74) is 0.550. The summed E-state index contributed by atoms with van der Waals surface area (Å²) in [6, 6.07) is 6.15. The Labute approximate surface area is 164 Å². The second-order valence-electron chi connectivity index (χ2n) is 7.01. The van der Waals surface area contributed by atoms with Gasteiger partial charge in [0.1, 0.15) is 23.8 Å². The average Bonchev–Trinajstić information content (AvgIpc) is 2.70. The van der Waals surface area contributed by atoms with Crippen LogP contribution in [0.15, 0.2) is 30.6 Å². The van der Waals surface area contributed by atoms with Gasteiger partial charge in [-0.15, -0.1) is 0 Å². The Morgan fingerprint density at radius 1 is 1.29 bits per heavy atom. The third kappa shape index (κ3) is 5.16. The highest BCUT2D eigenvalue weighted by Crippen LogP contribution is 2.23. The van der Waals surface area contributed by atoms with E-state index in [9.17, 15) is 9.18 Å². The summed E-state index contributed by atoms with van der Waals surface area (Å²) in [5, 5.41) is 9.00. The zero-order valence-corrected chi connectivity index (χ0v) is 16.3. The van der Waals surface area contributed by atoms with Crippen molar-refractivity contribution in [3.63, 3.8) is 0 Å². The minimum atomic E-state index is -0.507. The van der Waals surface area contributed by atoms with Crippen LogP contribution in [0, 0.1) is 11.7 Å². The van der Waals surface area contributed by atoms with Crippen molar-refractivity contribution in [1.82, 2.24) is 20.6 Å². The second-order valence-corrected chi connectivity index (χ2v) is 7.01. The standard InChI is InChI=1S/C20H27FN6O/c1-3-23-20(28)15-4-5-17(16(21)10-15)26-18-11-19(25-13-24-18)27(2)12-14-6-8-22-9-7-14/h4-5,10-11,13-14,22H,3,6-9,12H2,1-2H3,(H,23,28)(H,24,25,26). The number of nitrogens with zero attached hydrogens (tertiary/aromatic N) is 3. The molecule has 0 aliphatic carbocycles. The fourth-order valence-electron chi connectivity index (χ4n) is 3.33. The first-order valence-corrected chi connectivity index (χ1v) is 9.65. The molecule has 2 aromatic rings. The Morgan fingerprint density at radius 3 is 2.79 bits per heavy atom. The first-order valence-electron chi connectivity index (χ1n) is 9.65. The van der Waals surface area contributed by atoms with E-state index in [4.69, 9.17) is 0 Å². The fourth-order valence-corrected chi connectivity index (χ4v) is 3.33. The van der Waals surface area contributed by atoms with Crippen LogP contribution >= 0.6 is 0 Å². The number of rotatable bonds is 7. The molecule has 0 saturated carbocycles. The number of hydrogen-bond acceptors (Lipinski definition) is 6. The van der Waals surface area contributed by atoms with Gasteiger partial charge in [0.05, 0.1) is 5.69 Å². The SMILES string of the molecule is CCNC(=O)c1ccc(Nc2cc(N(C)CC3CCNCC3)ncn2)c(F)c1. The topological polar surface area (TPSA) is 82.2 Å². The molecule has 3 N–H and O–H groups in total. The quantitative estimate of drug-likeness (QED) is 0.678. The van der Waals surface area contributed by atoms with Gasteiger partial charge in [-0.25, -0.2) is 14.4 Å². The number of piperidine rings is 1. The monoisotopic (exact) mass is 386 g/mol. The molecular formula is C20H27FN6O. The smallest absolute Gasteiger partial charge is 0.251 e. The second kappa shape index (κ2) is 9.45. The van der Waals surface area contributed by atoms with Crippen LogP contribution in [0.3, 0.4) is 0 Å². The van der Waals surface area contributed by atoms with Crippen LogP contribution in [0.1, 0.15) is 30.1 Å². The normalized spacial score (nSPS) is 14.5. The Morgan fingerprint density at radius 2 is 2.07 bits per heavy atom. The van der Waals surface area contributed by atoms with Gasteiger partial charge in [0, 0.05) is 31.8 Å². The minimum absolute atomic E-state index is 0.263. The molecule has 0 atom stereocenters. The van der Waals surface area contributed by atoms with Crippen molar-refractivity contribution in [2.75, 3.05) is 43.4 Å². The number of hydrogen-bond donors (Lipinski definition) is 3. The summed E-state index contributed by atoms with van der Waals surface area (Å²) >= 11 is 0. The van der Waals surface area contributed by atoms with Crippen molar-refractivity contribution in [1.29, 1.82) is 0 Å². The Hall–Kier alpha value is -2.74. The zero-order valence-electron chi connectivity index (χ0n) is 16.3. The molecule has 1 aromatic heterocycles. The van der Waals surface area contributed by atoms with Gasteiger partial charge in [-0.1, -0.05) is 0 Å². The highest BCUT2D eigenvalue weighted by molar-refractivity contribution is 5.94. The van der Waals surface area contributed by atoms with Gasteiger partial charge in [0.2, 0.25) is 0 Å².